The lowest BCUT2D eigenvalue weighted by Gasteiger charge is -2.09. The minimum Gasteiger partial charge on any atom is -0.493 e. The number of benzene rings is 1. The highest BCUT2D eigenvalue weighted by Crippen LogP contribution is 2.17. The molecule has 0 bridgehead atoms. The average molecular weight is 236 g/mol. The number of carbonyl (C=O) groups is 1. The van der Waals surface area contributed by atoms with Crippen LogP contribution in [0.2, 0.25) is 0 Å². The molecule has 0 fully saturated rings. The minimum atomic E-state index is -0.0121. The van der Waals surface area contributed by atoms with Gasteiger partial charge in [0.15, 0.2) is 0 Å². The van der Waals surface area contributed by atoms with Crippen LogP contribution in [0.1, 0.15) is 31.9 Å². The smallest absolute Gasteiger partial charge is 0.223 e. The van der Waals surface area contributed by atoms with Crippen LogP contribution in [-0.4, -0.2) is 19.1 Å². The quantitative estimate of drug-likeness (QED) is 0.788. The van der Waals surface area contributed by atoms with E-state index in [2.05, 4.69) is 5.32 Å². The number of nitrogens with two attached hydrogens (primary N) is 1. The van der Waals surface area contributed by atoms with Crippen LogP contribution in [0.4, 0.5) is 0 Å². The summed E-state index contributed by atoms with van der Waals surface area (Å²) in [6.07, 6.45) is 0.371. The zero-order valence-electron chi connectivity index (χ0n) is 10.4. The van der Waals surface area contributed by atoms with Crippen molar-refractivity contribution in [1.29, 1.82) is 0 Å². The highest BCUT2D eigenvalue weighted by molar-refractivity contribution is 5.75. The topological polar surface area (TPSA) is 64.3 Å². The van der Waals surface area contributed by atoms with E-state index >= 15 is 0 Å². The summed E-state index contributed by atoms with van der Waals surface area (Å²) < 4.78 is 5.50. The van der Waals surface area contributed by atoms with Crippen molar-refractivity contribution < 1.29 is 9.53 Å². The van der Waals surface area contributed by atoms with Crippen molar-refractivity contribution in [3.63, 3.8) is 0 Å². The lowest BCUT2D eigenvalue weighted by atomic mass is 10.1. The summed E-state index contributed by atoms with van der Waals surface area (Å²) in [7, 11) is 0. The largest absolute Gasteiger partial charge is 0.493 e. The van der Waals surface area contributed by atoms with Crippen LogP contribution < -0.4 is 15.8 Å². The maximum absolute atomic E-state index is 11.2. The summed E-state index contributed by atoms with van der Waals surface area (Å²) in [5, 5.41) is 2.72. The lowest BCUT2D eigenvalue weighted by Crippen LogP contribution is -2.24. The van der Waals surface area contributed by atoms with Gasteiger partial charge in [-0.05, 0) is 31.5 Å². The monoisotopic (exact) mass is 236 g/mol. The van der Waals surface area contributed by atoms with Crippen LogP contribution in [0.25, 0.3) is 0 Å². The van der Waals surface area contributed by atoms with Crippen molar-refractivity contribution in [2.24, 2.45) is 5.73 Å². The second-order valence-electron chi connectivity index (χ2n) is 3.91. The van der Waals surface area contributed by atoms with Crippen molar-refractivity contribution in [3.8, 4) is 5.75 Å². The summed E-state index contributed by atoms with van der Waals surface area (Å²) in [5.41, 5.74) is 6.81. The van der Waals surface area contributed by atoms with Crippen molar-refractivity contribution in [1.82, 2.24) is 5.32 Å². The van der Waals surface area contributed by atoms with Crippen LogP contribution in [0.15, 0.2) is 24.3 Å². The molecule has 0 radical (unpaired) electrons. The molecule has 3 N–H and O–H groups in total. The predicted molar refractivity (Wildman–Crippen MR) is 67.8 cm³/mol. The van der Waals surface area contributed by atoms with Gasteiger partial charge in [0.1, 0.15) is 5.75 Å². The third-order valence-corrected chi connectivity index (χ3v) is 2.36. The molecule has 4 heteroatoms. The Morgan fingerprint density at radius 1 is 1.53 bits per heavy atom. The number of carbonyl (C=O) groups excluding carboxylic acids is 1. The van der Waals surface area contributed by atoms with Gasteiger partial charge >= 0.3 is 0 Å². The van der Waals surface area contributed by atoms with Crippen molar-refractivity contribution in [3.05, 3.63) is 29.8 Å². The number of amides is 1. The number of nitrogens with one attached hydrogen (secondary N) is 1. The van der Waals surface area contributed by atoms with Gasteiger partial charge in [-0.3, -0.25) is 4.79 Å². The van der Waals surface area contributed by atoms with E-state index in [1.807, 2.05) is 38.1 Å². The van der Waals surface area contributed by atoms with Gasteiger partial charge in [-0.15, -0.1) is 0 Å². The second-order valence-corrected chi connectivity index (χ2v) is 3.91. The van der Waals surface area contributed by atoms with Crippen molar-refractivity contribution >= 4 is 5.91 Å². The first kappa shape index (κ1) is 13.5. The molecule has 4 nitrogen and oxygen atoms in total. The standard InChI is InChI=1S/C13H20N2O2/c1-3-15-13(16)7-8-17-12-6-4-5-11(9-12)10(2)14/h4-6,9-10H,3,7-8,14H2,1-2H3,(H,15,16). The van der Waals surface area contributed by atoms with Gasteiger partial charge in [-0.1, -0.05) is 12.1 Å². The molecular weight excluding hydrogens is 216 g/mol. The Bertz CT molecular complexity index is 364. The zero-order chi connectivity index (χ0) is 12.7. The highest BCUT2D eigenvalue weighted by atomic mass is 16.5. The summed E-state index contributed by atoms with van der Waals surface area (Å²) >= 11 is 0. The van der Waals surface area contributed by atoms with Gasteiger partial charge in [0.05, 0.1) is 13.0 Å². The Kier molecular flexibility index (Phi) is 5.49. The summed E-state index contributed by atoms with van der Waals surface area (Å²) in [5.74, 6) is 0.764. The van der Waals surface area contributed by atoms with E-state index in [9.17, 15) is 4.79 Å². The molecule has 1 atom stereocenters. The Hall–Kier alpha value is -1.55. The number of hydrogen-bond donors (Lipinski definition) is 2. The second kappa shape index (κ2) is 6.91. The third-order valence-electron chi connectivity index (χ3n) is 2.36. The van der Waals surface area contributed by atoms with E-state index in [0.29, 0.717) is 19.6 Å². The SMILES string of the molecule is CCNC(=O)CCOc1cccc(C(C)N)c1. The fraction of sp³-hybridized carbons (Fsp3) is 0.462. The lowest BCUT2D eigenvalue weighted by molar-refractivity contribution is -0.121. The molecular formula is C13H20N2O2. The molecule has 0 heterocycles. The fourth-order valence-corrected chi connectivity index (χ4v) is 1.43. The third kappa shape index (κ3) is 4.87. The first-order valence-electron chi connectivity index (χ1n) is 5.88. The average Bonchev–Trinajstić information content (AvgIpc) is 2.30. The minimum absolute atomic E-state index is 0.0100. The van der Waals surface area contributed by atoms with Gasteiger partial charge in [-0.25, -0.2) is 0 Å². The van der Waals surface area contributed by atoms with E-state index in [4.69, 9.17) is 10.5 Å². The first-order valence-corrected chi connectivity index (χ1v) is 5.88. The van der Waals surface area contributed by atoms with Crippen molar-refractivity contribution in [2.75, 3.05) is 13.2 Å². The Morgan fingerprint density at radius 3 is 2.94 bits per heavy atom. The van der Waals surface area contributed by atoms with Crippen LogP contribution in [0.5, 0.6) is 5.75 Å². The first-order chi connectivity index (χ1) is 8.13. The predicted octanol–water partition coefficient (Wildman–Crippen LogP) is 1.61. The van der Waals surface area contributed by atoms with Crippen LogP contribution >= 0.6 is 0 Å². The van der Waals surface area contributed by atoms with Gasteiger partial charge in [0.25, 0.3) is 0 Å². The molecule has 0 saturated carbocycles. The molecule has 0 aromatic heterocycles. The summed E-state index contributed by atoms with van der Waals surface area (Å²) in [6.45, 7) is 4.85. The molecule has 1 aromatic rings. The molecule has 1 rings (SSSR count). The van der Waals surface area contributed by atoms with Crippen LogP contribution in [0.3, 0.4) is 0 Å². The fourth-order valence-electron chi connectivity index (χ4n) is 1.43. The molecule has 1 amide bonds. The van der Waals surface area contributed by atoms with Gasteiger partial charge in [-0.2, -0.15) is 0 Å². The Balaban J connectivity index is 2.41. The van der Waals surface area contributed by atoms with Gasteiger partial charge in [0, 0.05) is 12.6 Å². The summed E-state index contributed by atoms with van der Waals surface area (Å²) in [4.78, 5) is 11.2. The summed E-state index contributed by atoms with van der Waals surface area (Å²) in [6, 6.07) is 7.62. The van der Waals surface area contributed by atoms with Crippen LogP contribution in [0, 0.1) is 0 Å². The molecule has 94 valence electrons. The molecule has 0 aliphatic rings. The molecule has 0 spiro atoms. The molecule has 0 aliphatic carbocycles. The number of hydrogen-bond acceptors (Lipinski definition) is 3. The van der Waals surface area contributed by atoms with E-state index in [1.165, 1.54) is 0 Å². The van der Waals surface area contributed by atoms with Gasteiger partial charge in [0.2, 0.25) is 5.91 Å². The van der Waals surface area contributed by atoms with E-state index in [1.54, 1.807) is 0 Å². The van der Waals surface area contributed by atoms with Crippen LogP contribution in [-0.2, 0) is 4.79 Å². The van der Waals surface area contributed by atoms with E-state index in [-0.39, 0.29) is 11.9 Å². The zero-order valence-corrected chi connectivity index (χ0v) is 10.4. The Labute approximate surface area is 102 Å². The molecule has 0 aliphatic heterocycles. The van der Waals surface area contributed by atoms with E-state index < -0.39 is 0 Å². The molecule has 1 aromatic carbocycles. The maximum Gasteiger partial charge on any atom is 0.223 e. The van der Waals surface area contributed by atoms with Gasteiger partial charge < -0.3 is 15.8 Å². The number of rotatable bonds is 6. The molecule has 17 heavy (non-hydrogen) atoms. The van der Waals surface area contributed by atoms with Crippen molar-refractivity contribution in [2.45, 2.75) is 26.3 Å². The normalized spacial score (nSPS) is 11.9. The Morgan fingerprint density at radius 2 is 2.29 bits per heavy atom. The molecule has 1 unspecified atom stereocenters. The maximum atomic E-state index is 11.2. The van der Waals surface area contributed by atoms with E-state index in [0.717, 1.165) is 11.3 Å². The number of ether oxygens (including phenoxy) is 1. The highest BCUT2D eigenvalue weighted by Gasteiger charge is 2.03. The molecule has 0 saturated heterocycles.